The van der Waals surface area contributed by atoms with Gasteiger partial charge in [-0.1, -0.05) is 6.42 Å². The van der Waals surface area contributed by atoms with Gasteiger partial charge < -0.3 is 5.32 Å². The van der Waals surface area contributed by atoms with E-state index in [2.05, 4.69) is 5.32 Å². The van der Waals surface area contributed by atoms with Crippen LogP contribution in [-0.2, 0) is 0 Å². The quantitative estimate of drug-likeness (QED) is 0.539. The Morgan fingerprint density at radius 3 is 2.90 bits per heavy atom. The minimum absolute atomic E-state index is 0.355. The van der Waals surface area contributed by atoms with Gasteiger partial charge in [-0.3, -0.25) is 0 Å². The van der Waals surface area contributed by atoms with Gasteiger partial charge >= 0.3 is 0 Å². The van der Waals surface area contributed by atoms with E-state index in [1.165, 1.54) is 6.42 Å². The molecule has 1 saturated carbocycles. The Morgan fingerprint density at radius 1 is 1.20 bits per heavy atom. The van der Waals surface area contributed by atoms with Crippen molar-refractivity contribution in [2.45, 2.75) is 25.4 Å². The summed E-state index contributed by atoms with van der Waals surface area (Å²) in [6, 6.07) is 0. The largest absolute Gasteiger partial charge is 0.316 e. The lowest BCUT2D eigenvalue weighted by Crippen LogP contribution is -2.28. The highest BCUT2D eigenvalue weighted by Crippen LogP contribution is 2.34. The van der Waals surface area contributed by atoms with Crippen molar-refractivity contribution in [2.75, 3.05) is 13.1 Å². The molecule has 0 aromatic heterocycles. The number of fused-ring (bicyclic) bond motifs is 1. The van der Waals surface area contributed by atoms with E-state index >= 15 is 0 Å². The molecule has 0 aromatic rings. The van der Waals surface area contributed by atoms with Gasteiger partial charge in [-0.15, -0.1) is 0 Å². The Hall–Kier alpha value is -0.110. The van der Waals surface area contributed by atoms with Gasteiger partial charge in [0.2, 0.25) is 0 Å². The van der Waals surface area contributed by atoms with Crippen LogP contribution in [0.25, 0.3) is 0 Å². The highest BCUT2D eigenvalue weighted by Gasteiger charge is 2.36. The van der Waals surface area contributed by atoms with Crippen molar-refractivity contribution in [3.8, 4) is 0 Å². The van der Waals surface area contributed by atoms with Crippen molar-refractivity contribution in [3.63, 3.8) is 0 Å². The maximum Gasteiger partial charge on any atom is 0.104 e. The third-order valence-electron chi connectivity index (χ3n) is 2.91. The molecule has 1 aliphatic heterocycles. The third-order valence-corrected chi connectivity index (χ3v) is 2.91. The molecule has 1 heterocycles. The average Bonchev–Trinajstić information content (AvgIpc) is 2.36. The molecule has 2 fully saturated rings. The maximum atomic E-state index is 13.1. The second kappa shape index (κ2) is 2.50. The van der Waals surface area contributed by atoms with Crippen molar-refractivity contribution in [1.82, 2.24) is 5.32 Å². The molecule has 0 radical (unpaired) electrons. The predicted molar refractivity (Wildman–Crippen MR) is 38.6 cm³/mol. The molecule has 58 valence electrons. The zero-order valence-electron chi connectivity index (χ0n) is 6.15. The van der Waals surface area contributed by atoms with Gasteiger partial charge in [0, 0.05) is 12.5 Å². The van der Waals surface area contributed by atoms with E-state index in [0.29, 0.717) is 11.8 Å². The third kappa shape index (κ3) is 0.947. The first-order chi connectivity index (χ1) is 4.88. The summed E-state index contributed by atoms with van der Waals surface area (Å²) in [4.78, 5) is 0. The molecule has 10 heavy (non-hydrogen) atoms. The van der Waals surface area contributed by atoms with E-state index in [0.717, 1.165) is 25.9 Å². The molecule has 2 rings (SSSR count). The van der Waals surface area contributed by atoms with Gasteiger partial charge in [0.1, 0.15) is 6.17 Å². The predicted octanol–water partition coefficient (Wildman–Crippen LogP) is 1.34. The fourth-order valence-electron chi connectivity index (χ4n) is 2.28. The zero-order valence-corrected chi connectivity index (χ0v) is 6.15. The first-order valence-corrected chi connectivity index (χ1v) is 4.22. The number of alkyl halides is 1. The molecule has 2 heteroatoms. The Bertz CT molecular complexity index is 126. The van der Waals surface area contributed by atoms with Crippen molar-refractivity contribution in [3.05, 3.63) is 0 Å². The Balaban J connectivity index is 2.03. The van der Waals surface area contributed by atoms with Crippen molar-refractivity contribution < 1.29 is 4.39 Å². The van der Waals surface area contributed by atoms with Gasteiger partial charge in [-0.25, -0.2) is 4.39 Å². The molecular weight excluding hydrogens is 129 g/mol. The number of hydrogen-bond acceptors (Lipinski definition) is 1. The van der Waals surface area contributed by atoms with E-state index in [-0.39, 0.29) is 0 Å². The lowest BCUT2D eigenvalue weighted by Gasteiger charge is -2.27. The highest BCUT2D eigenvalue weighted by molar-refractivity contribution is 4.89. The van der Waals surface area contributed by atoms with Crippen LogP contribution < -0.4 is 5.32 Å². The van der Waals surface area contributed by atoms with E-state index < -0.39 is 6.17 Å². The van der Waals surface area contributed by atoms with Gasteiger partial charge in [0.15, 0.2) is 0 Å². The molecule has 1 N–H and O–H groups in total. The van der Waals surface area contributed by atoms with Gasteiger partial charge in [0.25, 0.3) is 0 Å². The number of halogens is 1. The second-order valence-corrected chi connectivity index (χ2v) is 3.53. The Morgan fingerprint density at radius 2 is 2.10 bits per heavy atom. The molecule has 0 bridgehead atoms. The van der Waals surface area contributed by atoms with Crippen molar-refractivity contribution >= 4 is 0 Å². The van der Waals surface area contributed by atoms with Gasteiger partial charge in [-0.2, -0.15) is 0 Å². The SMILES string of the molecule is FC1CCC[C@H]2CNC[C@@H]12. The van der Waals surface area contributed by atoms with Crippen LogP contribution in [-0.4, -0.2) is 19.3 Å². The molecule has 0 aromatic carbocycles. The fourth-order valence-corrected chi connectivity index (χ4v) is 2.28. The normalized spacial score (nSPS) is 47.1. The lowest BCUT2D eigenvalue weighted by atomic mass is 9.80. The smallest absolute Gasteiger partial charge is 0.104 e. The molecule has 3 atom stereocenters. The molecule has 1 saturated heterocycles. The second-order valence-electron chi connectivity index (χ2n) is 3.53. The summed E-state index contributed by atoms with van der Waals surface area (Å²) in [5.41, 5.74) is 0. The first kappa shape index (κ1) is 6.59. The summed E-state index contributed by atoms with van der Waals surface area (Å²) in [6.07, 6.45) is 2.65. The Kier molecular flexibility index (Phi) is 1.65. The van der Waals surface area contributed by atoms with E-state index in [1.54, 1.807) is 0 Å². The van der Waals surface area contributed by atoms with Gasteiger partial charge in [0.05, 0.1) is 0 Å². The number of nitrogens with one attached hydrogen (secondary N) is 1. The lowest BCUT2D eigenvalue weighted by molar-refractivity contribution is 0.142. The number of hydrogen-bond donors (Lipinski definition) is 1. The first-order valence-electron chi connectivity index (χ1n) is 4.22. The zero-order chi connectivity index (χ0) is 6.97. The van der Waals surface area contributed by atoms with Crippen LogP contribution in [0, 0.1) is 11.8 Å². The summed E-state index contributed by atoms with van der Waals surface area (Å²) in [5, 5.41) is 3.25. The van der Waals surface area contributed by atoms with Crippen LogP contribution in [0.2, 0.25) is 0 Å². The van der Waals surface area contributed by atoms with Crippen LogP contribution in [0.4, 0.5) is 4.39 Å². The average molecular weight is 143 g/mol. The molecule has 1 unspecified atom stereocenters. The van der Waals surface area contributed by atoms with Crippen LogP contribution in [0.1, 0.15) is 19.3 Å². The molecule has 1 aliphatic carbocycles. The van der Waals surface area contributed by atoms with Crippen molar-refractivity contribution in [2.24, 2.45) is 11.8 Å². The molecule has 0 spiro atoms. The van der Waals surface area contributed by atoms with E-state index in [4.69, 9.17) is 0 Å². The molecule has 0 amide bonds. The van der Waals surface area contributed by atoms with E-state index in [9.17, 15) is 4.39 Å². The number of rotatable bonds is 0. The van der Waals surface area contributed by atoms with Crippen LogP contribution in [0.3, 0.4) is 0 Å². The Labute approximate surface area is 61.0 Å². The maximum absolute atomic E-state index is 13.1. The summed E-state index contributed by atoms with van der Waals surface area (Å²) in [5.74, 6) is 1.01. The minimum Gasteiger partial charge on any atom is -0.316 e. The van der Waals surface area contributed by atoms with Gasteiger partial charge in [-0.05, 0) is 25.3 Å². The summed E-state index contributed by atoms with van der Waals surface area (Å²) in [7, 11) is 0. The molecule has 1 nitrogen and oxygen atoms in total. The highest BCUT2D eigenvalue weighted by atomic mass is 19.1. The standard InChI is InChI=1S/C8H14FN/c9-8-3-1-2-6-4-10-5-7(6)8/h6-8,10H,1-5H2/t6-,7+,8?/m0/s1. The van der Waals surface area contributed by atoms with E-state index in [1.807, 2.05) is 0 Å². The minimum atomic E-state index is -0.506. The van der Waals surface area contributed by atoms with Crippen LogP contribution >= 0.6 is 0 Å². The van der Waals surface area contributed by atoms with Crippen LogP contribution in [0.15, 0.2) is 0 Å². The topological polar surface area (TPSA) is 12.0 Å². The summed E-state index contributed by atoms with van der Waals surface area (Å²) < 4.78 is 13.1. The van der Waals surface area contributed by atoms with Crippen molar-refractivity contribution in [1.29, 1.82) is 0 Å². The monoisotopic (exact) mass is 143 g/mol. The molecule has 2 aliphatic rings. The van der Waals surface area contributed by atoms with Crippen LogP contribution in [0.5, 0.6) is 0 Å². The molecular formula is C8H14FN. The fraction of sp³-hybridized carbons (Fsp3) is 1.00. The summed E-state index contributed by atoms with van der Waals surface area (Å²) >= 11 is 0. The summed E-state index contributed by atoms with van der Waals surface area (Å²) in [6.45, 7) is 1.98.